The maximum absolute atomic E-state index is 12.4. The highest BCUT2D eigenvalue weighted by Gasteiger charge is 2.31. The van der Waals surface area contributed by atoms with Crippen LogP contribution in [0.4, 0.5) is 13.2 Å². The summed E-state index contributed by atoms with van der Waals surface area (Å²) >= 11 is 0. The number of carboxylic acid groups (broad SMARTS) is 1. The summed E-state index contributed by atoms with van der Waals surface area (Å²) in [5, 5.41) is 13.5. The Morgan fingerprint density at radius 3 is 2.59 bits per heavy atom. The minimum atomic E-state index is -4.59. The average molecular weight is 548 g/mol. The lowest BCUT2D eigenvalue weighted by molar-refractivity contribution is -0.192. The molecule has 210 valence electrons. The fourth-order valence-electron chi connectivity index (χ4n) is 4.85. The number of hydrogen-bond acceptors (Lipinski definition) is 6. The van der Waals surface area contributed by atoms with Crippen molar-refractivity contribution in [1.82, 2.24) is 9.55 Å². The summed E-state index contributed by atoms with van der Waals surface area (Å²) in [6, 6.07) is 10.6. The molecule has 4 rings (SSSR count). The number of oxime groups is 1. The predicted molar refractivity (Wildman–Crippen MR) is 139 cm³/mol. The second-order valence-corrected chi connectivity index (χ2v) is 9.58. The second kappa shape index (κ2) is 13.0. The number of fused-ring (bicyclic) bond motifs is 1. The molecular weight excluding hydrogens is 515 g/mol. The number of nitrogens with zero attached hydrogens (tertiary/aromatic N) is 3. The Kier molecular flexibility index (Phi) is 9.45. The van der Waals surface area contributed by atoms with E-state index in [-0.39, 0.29) is 6.42 Å². The molecule has 1 unspecified atom stereocenters. The highest BCUT2D eigenvalue weighted by molar-refractivity contribution is 6.03. The van der Waals surface area contributed by atoms with Gasteiger partial charge in [0.1, 0.15) is 26.1 Å². The SMILES string of the molecule is CON=C(c1cnc2ccn(CCOc3ccc(CC(OCC(F)(F)F)C(=O)O)cc3)c2c1)C1CCCCC1. The van der Waals surface area contributed by atoms with Crippen LogP contribution in [0, 0.1) is 5.92 Å². The van der Waals surface area contributed by atoms with E-state index in [1.165, 1.54) is 19.3 Å². The number of alkyl halides is 3. The highest BCUT2D eigenvalue weighted by Crippen LogP contribution is 2.29. The van der Waals surface area contributed by atoms with Gasteiger partial charge >= 0.3 is 12.1 Å². The summed E-state index contributed by atoms with van der Waals surface area (Å²) < 4.78 is 49.6. The molecule has 0 saturated heterocycles. The molecule has 0 amide bonds. The minimum absolute atomic E-state index is 0.189. The molecule has 3 aromatic rings. The van der Waals surface area contributed by atoms with Crippen molar-refractivity contribution in [2.75, 3.05) is 20.3 Å². The number of aromatic nitrogens is 2. The first-order chi connectivity index (χ1) is 18.7. The normalized spacial score (nSPS) is 15.8. The number of halogens is 3. The molecule has 11 heteroatoms. The number of hydrogen-bond donors (Lipinski definition) is 1. The van der Waals surface area contributed by atoms with Crippen LogP contribution in [0.5, 0.6) is 5.75 Å². The van der Waals surface area contributed by atoms with Gasteiger partial charge in [-0.15, -0.1) is 0 Å². The van der Waals surface area contributed by atoms with Crippen molar-refractivity contribution in [1.29, 1.82) is 0 Å². The number of aliphatic carboxylic acids is 1. The van der Waals surface area contributed by atoms with Gasteiger partial charge in [-0.05, 0) is 42.7 Å². The van der Waals surface area contributed by atoms with Gasteiger partial charge in [-0.25, -0.2) is 4.79 Å². The number of carbonyl (C=O) groups is 1. The van der Waals surface area contributed by atoms with Crippen LogP contribution in [0.1, 0.15) is 43.2 Å². The molecule has 2 heterocycles. The minimum Gasteiger partial charge on any atom is -0.492 e. The number of carboxylic acids is 1. The fraction of sp³-hybridized carbons (Fsp3) is 0.464. The van der Waals surface area contributed by atoms with E-state index < -0.39 is 24.9 Å². The lowest BCUT2D eigenvalue weighted by Crippen LogP contribution is -2.31. The zero-order chi connectivity index (χ0) is 27.8. The van der Waals surface area contributed by atoms with Gasteiger partial charge in [0.2, 0.25) is 0 Å². The molecule has 1 N–H and O–H groups in total. The van der Waals surface area contributed by atoms with Gasteiger partial charge in [-0.1, -0.05) is 36.6 Å². The molecule has 0 spiro atoms. The van der Waals surface area contributed by atoms with Gasteiger partial charge < -0.3 is 24.0 Å². The molecular formula is C28H32F3N3O5. The van der Waals surface area contributed by atoms with E-state index in [1.807, 2.05) is 18.5 Å². The van der Waals surface area contributed by atoms with Crippen LogP contribution in [0.25, 0.3) is 11.0 Å². The van der Waals surface area contributed by atoms with Crippen molar-refractivity contribution < 1.29 is 37.4 Å². The maximum atomic E-state index is 12.4. The summed E-state index contributed by atoms with van der Waals surface area (Å²) in [7, 11) is 1.56. The van der Waals surface area contributed by atoms with Crippen LogP contribution >= 0.6 is 0 Å². The van der Waals surface area contributed by atoms with Crippen molar-refractivity contribution in [3.05, 3.63) is 59.9 Å². The van der Waals surface area contributed by atoms with Crippen LogP contribution in [0.15, 0.2) is 53.9 Å². The molecule has 8 nitrogen and oxygen atoms in total. The third-order valence-corrected chi connectivity index (χ3v) is 6.77. The van der Waals surface area contributed by atoms with Crippen LogP contribution in [0.3, 0.4) is 0 Å². The predicted octanol–water partition coefficient (Wildman–Crippen LogP) is 5.62. The summed E-state index contributed by atoms with van der Waals surface area (Å²) in [6.07, 6.45) is 3.22. The largest absolute Gasteiger partial charge is 0.492 e. The molecule has 1 aliphatic rings. The lowest BCUT2D eigenvalue weighted by atomic mass is 9.83. The van der Waals surface area contributed by atoms with E-state index in [9.17, 15) is 23.1 Å². The Labute approximate surface area is 224 Å². The molecule has 0 bridgehead atoms. The second-order valence-electron chi connectivity index (χ2n) is 9.58. The van der Waals surface area contributed by atoms with E-state index >= 15 is 0 Å². The lowest BCUT2D eigenvalue weighted by Gasteiger charge is -2.23. The van der Waals surface area contributed by atoms with E-state index in [2.05, 4.69) is 25.5 Å². The third kappa shape index (κ3) is 7.95. The van der Waals surface area contributed by atoms with Crippen molar-refractivity contribution >= 4 is 22.7 Å². The van der Waals surface area contributed by atoms with E-state index in [4.69, 9.17) is 9.57 Å². The zero-order valence-electron chi connectivity index (χ0n) is 21.7. The van der Waals surface area contributed by atoms with Gasteiger partial charge in [0.05, 0.1) is 23.3 Å². The molecule has 1 atom stereocenters. The molecule has 0 aliphatic heterocycles. The number of rotatable bonds is 12. The maximum Gasteiger partial charge on any atom is 0.411 e. The standard InChI is InChI=1S/C28H32F3N3O5/c1-37-33-26(20-5-3-2-4-6-20)21-16-24-23(32-17-21)11-12-34(24)13-14-38-22-9-7-19(8-10-22)15-25(27(35)36)39-18-28(29,30)31/h7-12,16-17,20,25H,2-6,13-15,18H2,1H3,(H,35,36). The first-order valence-electron chi connectivity index (χ1n) is 12.9. The van der Waals surface area contributed by atoms with Gasteiger partial charge in [0, 0.05) is 30.3 Å². The fourth-order valence-corrected chi connectivity index (χ4v) is 4.85. The van der Waals surface area contributed by atoms with Gasteiger partial charge in [-0.3, -0.25) is 4.98 Å². The Balaban J connectivity index is 1.36. The van der Waals surface area contributed by atoms with Crippen molar-refractivity contribution in [2.45, 2.75) is 57.3 Å². The molecule has 39 heavy (non-hydrogen) atoms. The summed E-state index contributed by atoms with van der Waals surface area (Å²) in [4.78, 5) is 21.1. The third-order valence-electron chi connectivity index (χ3n) is 6.77. The molecule has 1 aliphatic carbocycles. The molecule has 0 radical (unpaired) electrons. The van der Waals surface area contributed by atoms with Crippen LogP contribution < -0.4 is 4.74 Å². The van der Waals surface area contributed by atoms with Crippen LogP contribution in [-0.2, 0) is 27.3 Å². The van der Waals surface area contributed by atoms with Gasteiger partial charge in [0.25, 0.3) is 0 Å². The Hall–Kier alpha value is -3.60. The van der Waals surface area contributed by atoms with Crippen molar-refractivity contribution in [2.24, 2.45) is 11.1 Å². The monoisotopic (exact) mass is 547 g/mol. The zero-order valence-corrected chi connectivity index (χ0v) is 21.7. The molecule has 1 fully saturated rings. The van der Waals surface area contributed by atoms with E-state index in [0.29, 0.717) is 30.4 Å². The average Bonchev–Trinajstić information content (AvgIpc) is 3.32. The summed E-state index contributed by atoms with van der Waals surface area (Å²) in [5.74, 6) is -0.533. The summed E-state index contributed by atoms with van der Waals surface area (Å²) in [6.45, 7) is -0.693. The van der Waals surface area contributed by atoms with Gasteiger partial charge in [0.15, 0.2) is 6.10 Å². The van der Waals surface area contributed by atoms with Crippen LogP contribution in [-0.4, -0.2) is 58.9 Å². The Bertz CT molecular complexity index is 1270. The molecule has 1 aromatic carbocycles. The molecule has 2 aromatic heterocycles. The quantitative estimate of drug-likeness (QED) is 0.234. The first-order valence-corrected chi connectivity index (χ1v) is 12.9. The number of benzene rings is 1. The first kappa shape index (κ1) is 28.4. The Morgan fingerprint density at radius 2 is 1.92 bits per heavy atom. The van der Waals surface area contributed by atoms with Gasteiger partial charge in [-0.2, -0.15) is 13.2 Å². The summed E-state index contributed by atoms with van der Waals surface area (Å²) in [5.41, 5.74) is 4.24. The Morgan fingerprint density at radius 1 is 1.18 bits per heavy atom. The van der Waals surface area contributed by atoms with Crippen molar-refractivity contribution in [3.63, 3.8) is 0 Å². The topological polar surface area (TPSA) is 95.2 Å². The number of pyridine rings is 1. The van der Waals surface area contributed by atoms with E-state index in [0.717, 1.165) is 35.2 Å². The number of ether oxygens (including phenoxy) is 2. The highest BCUT2D eigenvalue weighted by atomic mass is 19.4. The van der Waals surface area contributed by atoms with Crippen LogP contribution in [0.2, 0.25) is 0 Å². The van der Waals surface area contributed by atoms with Crippen molar-refractivity contribution in [3.8, 4) is 5.75 Å². The molecule has 1 saturated carbocycles. The van der Waals surface area contributed by atoms with E-state index in [1.54, 1.807) is 31.4 Å². The smallest absolute Gasteiger partial charge is 0.411 e.